The van der Waals surface area contributed by atoms with E-state index in [4.69, 9.17) is 4.74 Å². The lowest BCUT2D eigenvalue weighted by atomic mass is 9.69. The Labute approximate surface area is 98.7 Å². The molecule has 0 bridgehead atoms. The van der Waals surface area contributed by atoms with Crippen LogP contribution in [0, 0.1) is 17.8 Å². The lowest BCUT2D eigenvalue weighted by Gasteiger charge is -2.47. The topological polar surface area (TPSA) is 26.3 Å². The van der Waals surface area contributed by atoms with Crippen molar-refractivity contribution in [2.45, 2.75) is 58.5 Å². The molecule has 1 saturated carbocycles. The largest absolute Gasteiger partial charge is 0.375 e. The number of carbonyl (C=O) groups is 1. The first kappa shape index (κ1) is 12.1. The summed E-state index contributed by atoms with van der Waals surface area (Å²) in [5.41, 5.74) is 0.106. The van der Waals surface area contributed by atoms with E-state index in [-0.39, 0.29) is 17.4 Å². The van der Waals surface area contributed by atoms with Crippen molar-refractivity contribution < 1.29 is 9.53 Å². The molecular weight excluding hydrogens is 200 g/mol. The molecule has 1 aliphatic carbocycles. The molecule has 0 aromatic heterocycles. The Morgan fingerprint density at radius 3 is 2.50 bits per heavy atom. The third-order valence-electron chi connectivity index (χ3n) is 4.61. The molecule has 92 valence electrons. The lowest BCUT2D eigenvalue weighted by molar-refractivity contribution is -0.158. The number of hydrogen-bond acceptors (Lipinski definition) is 2. The van der Waals surface area contributed by atoms with E-state index in [0.29, 0.717) is 11.7 Å². The zero-order valence-electron chi connectivity index (χ0n) is 10.8. The molecule has 1 saturated heterocycles. The van der Waals surface area contributed by atoms with E-state index in [0.717, 1.165) is 19.4 Å². The minimum atomic E-state index is 0.106. The zero-order chi connectivity index (χ0) is 11.8. The summed E-state index contributed by atoms with van der Waals surface area (Å²) in [6.45, 7) is 7.15. The van der Waals surface area contributed by atoms with Crippen molar-refractivity contribution in [1.29, 1.82) is 0 Å². The van der Waals surface area contributed by atoms with E-state index in [2.05, 4.69) is 20.8 Å². The van der Waals surface area contributed by atoms with Crippen LogP contribution in [0.25, 0.3) is 0 Å². The molecule has 2 heteroatoms. The fourth-order valence-corrected chi connectivity index (χ4v) is 2.89. The number of ether oxygens (including phenoxy) is 1. The molecule has 2 unspecified atom stereocenters. The summed E-state index contributed by atoms with van der Waals surface area (Å²) in [6, 6.07) is 0. The molecule has 2 fully saturated rings. The Bertz CT molecular complexity index is 266. The van der Waals surface area contributed by atoms with Crippen molar-refractivity contribution in [3.63, 3.8) is 0 Å². The van der Waals surface area contributed by atoms with E-state index in [1.165, 1.54) is 19.3 Å². The van der Waals surface area contributed by atoms with Gasteiger partial charge in [-0.15, -0.1) is 0 Å². The smallest absolute Gasteiger partial charge is 0.139 e. The van der Waals surface area contributed by atoms with Gasteiger partial charge in [0.05, 0.1) is 5.60 Å². The minimum absolute atomic E-state index is 0.106. The number of Topliss-reactive ketones (excluding diaryl/α,β-unsaturated/α-hetero) is 1. The third-order valence-corrected chi connectivity index (χ3v) is 4.61. The summed E-state index contributed by atoms with van der Waals surface area (Å²) >= 11 is 0. The van der Waals surface area contributed by atoms with Crippen molar-refractivity contribution >= 4 is 5.78 Å². The average Bonchev–Trinajstić information content (AvgIpc) is 2.25. The predicted molar refractivity (Wildman–Crippen MR) is 64.3 cm³/mol. The Morgan fingerprint density at radius 2 is 2.00 bits per heavy atom. The fourth-order valence-electron chi connectivity index (χ4n) is 2.89. The van der Waals surface area contributed by atoms with Crippen LogP contribution in [0.15, 0.2) is 0 Å². The van der Waals surface area contributed by atoms with Gasteiger partial charge >= 0.3 is 0 Å². The highest BCUT2D eigenvalue weighted by Gasteiger charge is 2.44. The lowest BCUT2D eigenvalue weighted by Crippen LogP contribution is -2.47. The normalized spacial score (nSPS) is 30.1. The van der Waals surface area contributed by atoms with Crippen LogP contribution in [0.1, 0.15) is 52.9 Å². The van der Waals surface area contributed by atoms with Crippen molar-refractivity contribution in [2.24, 2.45) is 17.8 Å². The number of hydrogen-bond donors (Lipinski definition) is 0. The van der Waals surface area contributed by atoms with Gasteiger partial charge in [0.2, 0.25) is 0 Å². The molecule has 1 spiro atoms. The zero-order valence-corrected chi connectivity index (χ0v) is 10.8. The monoisotopic (exact) mass is 224 g/mol. The summed E-state index contributed by atoms with van der Waals surface area (Å²) in [6.07, 6.45) is 5.56. The highest BCUT2D eigenvalue weighted by molar-refractivity contribution is 5.83. The van der Waals surface area contributed by atoms with Gasteiger partial charge in [0, 0.05) is 18.4 Å². The summed E-state index contributed by atoms with van der Waals surface area (Å²) < 4.78 is 5.87. The molecule has 2 rings (SSSR count). The maximum absolute atomic E-state index is 12.3. The van der Waals surface area contributed by atoms with E-state index >= 15 is 0 Å². The fraction of sp³-hybridized carbons (Fsp3) is 0.929. The Hall–Kier alpha value is -0.370. The molecule has 1 aliphatic heterocycles. The summed E-state index contributed by atoms with van der Waals surface area (Å²) in [5.74, 6) is 1.42. The Balaban J connectivity index is 1.96. The maximum atomic E-state index is 12.3. The molecule has 0 aromatic rings. The average molecular weight is 224 g/mol. The molecule has 2 aliphatic rings. The third kappa shape index (κ3) is 2.17. The van der Waals surface area contributed by atoms with Gasteiger partial charge in [-0.3, -0.25) is 4.79 Å². The molecule has 2 nitrogen and oxygen atoms in total. The van der Waals surface area contributed by atoms with E-state index in [1.54, 1.807) is 0 Å². The SMILES string of the molecule is CC(C)C(C)C(=O)C1CCOC2(CCC2)C1. The molecule has 0 amide bonds. The summed E-state index contributed by atoms with van der Waals surface area (Å²) in [5, 5.41) is 0. The van der Waals surface area contributed by atoms with Crippen LogP contribution >= 0.6 is 0 Å². The molecule has 0 N–H and O–H groups in total. The van der Waals surface area contributed by atoms with E-state index < -0.39 is 0 Å². The van der Waals surface area contributed by atoms with Gasteiger partial charge in [0.25, 0.3) is 0 Å². The Morgan fingerprint density at radius 1 is 1.31 bits per heavy atom. The Kier molecular flexibility index (Phi) is 3.39. The van der Waals surface area contributed by atoms with Crippen LogP contribution in [0.3, 0.4) is 0 Å². The van der Waals surface area contributed by atoms with Gasteiger partial charge in [-0.05, 0) is 38.0 Å². The van der Waals surface area contributed by atoms with Gasteiger partial charge < -0.3 is 4.74 Å². The van der Waals surface area contributed by atoms with Crippen molar-refractivity contribution in [3.8, 4) is 0 Å². The minimum Gasteiger partial charge on any atom is -0.375 e. The first-order valence-corrected chi connectivity index (χ1v) is 6.72. The highest BCUT2D eigenvalue weighted by atomic mass is 16.5. The molecule has 2 atom stereocenters. The van der Waals surface area contributed by atoms with Gasteiger partial charge in [-0.2, -0.15) is 0 Å². The van der Waals surface area contributed by atoms with Crippen LogP contribution in [-0.2, 0) is 9.53 Å². The van der Waals surface area contributed by atoms with Crippen LogP contribution in [0.2, 0.25) is 0 Å². The number of carbonyl (C=O) groups excluding carboxylic acids is 1. The van der Waals surface area contributed by atoms with Gasteiger partial charge in [0.15, 0.2) is 0 Å². The van der Waals surface area contributed by atoms with Crippen molar-refractivity contribution in [3.05, 3.63) is 0 Å². The predicted octanol–water partition coefficient (Wildman–Crippen LogP) is 3.20. The highest BCUT2D eigenvalue weighted by Crippen LogP contribution is 2.45. The number of rotatable bonds is 3. The molecule has 0 aromatic carbocycles. The molecular formula is C14H24O2. The van der Waals surface area contributed by atoms with Crippen LogP contribution < -0.4 is 0 Å². The maximum Gasteiger partial charge on any atom is 0.139 e. The molecule has 0 radical (unpaired) electrons. The van der Waals surface area contributed by atoms with Crippen LogP contribution in [0.5, 0.6) is 0 Å². The van der Waals surface area contributed by atoms with Crippen molar-refractivity contribution in [1.82, 2.24) is 0 Å². The van der Waals surface area contributed by atoms with Gasteiger partial charge in [-0.1, -0.05) is 20.8 Å². The standard InChI is InChI=1S/C14H24O2/c1-10(2)11(3)13(15)12-5-8-16-14(9-12)6-4-7-14/h10-12H,4-9H2,1-3H3. The number of ketones is 1. The van der Waals surface area contributed by atoms with Crippen molar-refractivity contribution in [2.75, 3.05) is 6.61 Å². The molecule has 1 heterocycles. The molecule has 16 heavy (non-hydrogen) atoms. The van der Waals surface area contributed by atoms with Gasteiger partial charge in [0.1, 0.15) is 5.78 Å². The van der Waals surface area contributed by atoms with Crippen LogP contribution in [-0.4, -0.2) is 18.0 Å². The van der Waals surface area contributed by atoms with Gasteiger partial charge in [-0.25, -0.2) is 0 Å². The summed E-state index contributed by atoms with van der Waals surface area (Å²) in [7, 11) is 0. The first-order valence-electron chi connectivity index (χ1n) is 6.72. The van der Waals surface area contributed by atoms with E-state index in [1.807, 2.05) is 0 Å². The second-order valence-corrected chi connectivity index (χ2v) is 6.01. The summed E-state index contributed by atoms with van der Waals surface area (Å²) in [4.78, 5) is 12.3. The first-order chi connectivity index (χ1) is 7.54. The van der Waals surface area contributed by atoms with E-state index in [9.17, 15) is 4.79 Å². The second kappa shape index (κ2) is 4.48. The second-order valence-electron chi connectivity index (χ2n) is 6.01. The van der Waals surface area contributed by atoms with Crippen LogP contribution in [0.4, 0.5) is 0 Å². The quantitative estimate of drug-likeness (QED) is 0.736.